The highest BCUT2D eigenvalue weighted by molar-refractivity contribution is 5.92. The van der Waals surface area contributed by atoms with Crippen LogP contribution in [0, 0.1) is 6.92 Å². The molecule has 0 radical (unpaired) electrons. The topological polar surface area (TPSA) is 72.6 Å². The normalized spacial score (nSPS) is 11.8. The van der Waals surface area contributed by atoms with Crippen LogP contribution < -0.4 is 5.73 Å². The Bertz CT molecular complexity index is 1010. The Morgan fingerprint density at radius 3 is 2.26 bits per heavy atom. The molecule has 2 N–H and O–H groups in total. The van der Waals surface area contributed by atoms with Crippen LogP contribution in [0.1, 0.15) is 83.8 Å². The number of hydrogen-bond acceptors (Lipinski definition) is 4. The predicted molar refractivity (Wildman–Crippen MR) is 159 cm³/mol. The summed E-state index contributed by atoms with van der Waals surface area (Å²) < 4.78 is 5.36. The summed E-state index contributed by atoms with van der Waals surface area (Å²) in [7, 11) is 0. The molecule has 0 fully saturated rings. The molecule has 0 aromatic heterocycles. The van der Waals surface area contributed by atoms with Crippen molar-refractivity contribution >= 4 is 11.7 Å². The molecule has 5 nitrogen and oxygen atoms in total. The van der Waals surface area contributed by atoms with Gasteiger partial charge in [-0.05, 0) is 49.1 Å². The number of hydrogen-bond donors (Lipinski definition) is 1. The number of amides is 1. The molecule has 0 spiro atoms. The van der Waals surface area contributed by atoms with E-state index in [4.69, 9.17) is 10.5 Å². The monoisotopic (exact) mass is 520 g/mol. The molecule has 1 amide bonds. The number of aryl methyl sites for hydroxylation is 1. The first-order valence-corrected chi connectivity index (χ1v) is 13.9. The lowest BCUT2D eigenvalue weighted by molar-refractivity contribution is -0.124. The molecule has 0 saturated carbocycles. The maximum atomic E-state index is 12.0. The van der Waals surface area contributed by atoms with Crippen LogP contribution in [0.2, 0.25) is 0 Å². The average molecular weight is 521 g/mol. The van der Waals surface area contributed by atoms with E-state index in [0.717, 1.165) is 19.3 Å². The van der Waals surface area contributed by atoms with E-state index in [9.17, 15) is 9.59 Å². The number of carbonyl (C=O) groups excluding carboxylic acids is 2. The average Bonchev–Trinajstić information content (AvgIpc) is 2.91. The summed E-state index contributed by atoms with van der Waals surface area (Å²) in [5.74, 6) is -0.318. The maximum absolute atomic E-state index is 12.0. The van der Waals surface area contributed by atoms with Gasteiger partial charge < -0.3 is 15.4 Å². The van der Waals surface area contributed by atoms with Crippen LogP contribution in [0.5, 0.6) is 0 Å². The standard InChI is InChI=1S/C22H25NO.C11H23NO2/c1-5-9-22(18(4)24)23(6-2)16-20-10-7-8-11-21(20)19-14-12-17(3)13-15-19;1-3-5-6-7-8-10(4-2)14-9-11(12)13/h6-15H,2,5,16H2,1,3-4H3;10H,3-9H2,1-2H3,(H2,12,13)/b22-9-;/t;10-/m.0/s1. The third kappa shape index (κ3) is 12.4. The molecule has 0 bridgehead atoms. The molecule has 2 aromatic rings. The van der Waals surface area contributed by atoms with Crippen LogP contribution in [0.25, 0.3) is 11.1 Å². The van der Waals surface area contributed by atoms with Crippen molar-refractivity contribution < 1.29 is 14.3 Å². The van der Waals surface area contributed by atoms with E-state index in [1.54, 1.807) is 13.1 Å². The van der Waals surface area contributed by atoms with Crippen LogP contribution in [-0.2, 0) is 20.9 Å². The number of nitrogens with zero attached hydrogens (tertiary/aromatic N) is 1. The Kier molecular flexibility index (Phi) is 16.4. The first-order chi connectivity index (χ1) is 18.3. The number of carbonyl (C=O) groups is 2. The Morgan fingerprint density at radius 2 is 1.71 bits per heavy atom. The fourth-order valence-corrected chi connectivity index (χ4v) is 4.17. The third-order valence-electron chi connectivity index (χ3n) is 6.30. The van der Waals surface area contributed by atoms with Gasteiger partial charge in [-0.1, -0.05) is 113 Å². The number of ketones is 1. The van der Waals surface area contributed by atoms with Gasteiger partial charge in [-0.3, -0.25) is 9.59 Å². The zero-order valence-corrected chi connectivity index (χ0v) is 24.2. The summed E-state index contributed by atoms with van der Waals surface area (Å²) in [6.07, 6.45) is 11.7. The summed E-state index contributed by atoms with van der Waals surface area (Å²) in [6.45, 7) is 14.6. The van der Waals surface area contributed by atoms with Crippen LogP contribution >= 0.6 is 0 Å². The summed E-state index contributed by atoms with van der Waals surface area (Å²) in [4.78, 5) is 24.4. The van der Waals surface area contributed by atoms with Crippen molar-refractivity contribution in [3.63, 3.8) is 0 Å². The number of unbranched alkanes of at least 4 members (excludes halogenated alkanes) is 3. The van der Waals surface area contributed by atoms with Crippen molar-refractivity contribution in [2.75, 3.05) is 6.61 Å². The minimum absolute atomic E-state index is 0.0598. The van der Waals surface area contributed by atoms with Gasteiger partial charge in [0.1, 0.15) is 6.61 Å². The quantitative estimate of drug-likeness (QED) is 0.182. The van der Waals surface area contributed by atoms with E-state index in [2.05, 4.69) is 63.7 Å². The Morgan fingerprint density at radius 1 is 1.03 bits per heavy atom. The van der Waals surface area contributed by atoms with Gasteiger partial charge in [-0.2, -0.15) is 0 Å². The smallest absolute Gasteiger partial charge is 0.243 e. The van der Waals surface area contributed by atoms with Crippen LogP contribution in [0.3, 0.4) is 0 Å². The second-order valence-corrected chi connectivity index (χ2v) is 9.54. The zero-order chi connectivity index (χ0) is 28.3. The van der Waals surface area contributed by atoms with Crippen molar-refractivity contribution in [3.05, 3.63) is 84.2 Å². The number of benzene rings is 2. The minimum Gasteiger partial charge on any atom is -0.368 e. The van der Waals surface area contributed by atoms with E-state index in [0.29, 0.717) is 12.2 Å². The van der Waals surface area contributed by atoms with Gasteiger partial charge in [0.2, 0.25) is 5.91 Å². The largest absolute Gasteiger partial charge is 0.368 e. The molecule has 0 unspecified atom stereocenters. The van der Waals surface area contributed by atoms with Gasteiger partial charge in [0.05, 0.1) is 11.8 Å². The molecule has 2 aromatic carbocycles. The summed E-state index contributed by atoms with van der Waals surface area (Å²) in [5.41, 5.74) is 10.5. The van der Waals surface area contributed by atoms with Gasteiger partial charge in [0, 0.05) is 13.5 Å². The minimum atomic E-state index is -0.378. The molecule has 0 aliphatic carbocycles. The first kappa shape index (κ1) is 32.8. The van der Waals surface area contributed by atoms with Crippen molar-refractivity contribution in [1.82, 2.24) is 4.90 Å². The zero-order valence-electron chi connectivity index (χ0n) is 24.2. The fourth-order valence-electron chi connectivity index (χ4n) is 4.17. The number of allylic oxidation sites excluding steroid dienone is 2. The highest BCUT2D eigenvalue weighted by atomic mass is 16.5. The lowest BCUT2D eigenvalue weighted by Crippen LogP contribution is -2.23. The van der Waals surface area contributed by atoms with Gasteiger partial charge in [-0.25, -0.2) is 0 Å². The van der Waals surface area contributed by atoms with E-state index in [-0.39, 0.29) is 24.4 Å². The summed E-state index contributed by atoms with van der Waals surface area (Å²) >= 11 is 0. The highest BCUT2D eigenvalue weighted by Gasteiger charge is 2.14. The Balaban J connectivity index is 0.000000442. The van der Waals surface area contributed by atoms with Crippen LogP contribution in [0.15, 0.2) is 73.1 Å². The number of rotatable bonds is 16. The molecule has 2 rings (SSSR count). The first-order valence-electron chi connectivity index (χ1n) is 13.9. The molecule has 5 heteroatoms. The molecule has 0 heterocycles. The van der Waals surface area contributed by atoms with Crippen LogP contribution in [0.4, 0.5) is 0 Å². The Labute approximate surface area is 230 Å². The second kappa shape index (κ2) is 19.0. The molecular formula is C33H48N2O3. The van der Waals surface area contributed by atoms with E-state index >= 15 is 0 Å². The molecule has 0 aliphatic heterocycles. The molecule has 0 saturated heterocycles. The van der Waals surface area contributed by atoms with Crippen LogP contribution in [-0.4, -0.2) is 29.3 Å². The van der Waals surface area contributed by atoms with Gasteiger partial charge >= 0.3 is 0 Å². The lowest BCUT2D eigenvalue weighted by atomic mass is 9.98. The van der Waals surface area contributed by atoms with E-state index < -0.39 is 0 Å². The van der Waals surface area contributed by atoms with E-state index in [1.165, 1.54) is 47.9 Å². The summed E-state index contributed by atoms with van der Waals surface area (Å²) in [6, 6.07) is 16.8. The van der Waals surface area contributed by atoms with Gasteiger partial charge in [-0.15, -0.1) is 0 Å². The van der Waals surface area contributed by atoms with Crippen molar-refractivity contribution in [1.29, 1.82) is 0 Å². The molecule has 0 aliphatic rings. The number of nitrogens with two attached hydrogens (primary N) is 1. The molecular weight excluding hydrogens is 472 g/mol. The number of primary amides is 1. The fraction of sp³-hybridized carbons (Fsp3) is 0.455. The number of ether oxygens (including phenoxy) is 1. The Hall–Kier alpha value is -3.18. The SMILES string of the molecule is C=CN(Cc1ccccc1-c1ccc(C)cc1)/C(=C\CC)C(C)=O.CCCCCC[C@H](CC)OCC(N)=O. The molecule has 38 heavy (non-hydrogen) atoms. The van der Waals surface area contributed by atoms with Gasteiger partial charge in [0.15, 0.2) is 5.78 Å². The summed E-state index contributed by atoms with van der Waals surface area (Å²) in [5, 5.41) is 0. The van der Waals surface area contributed by atoms with E-state index in [1.807, 2.05) is 30.0 Å². The number of Topliss-reactive ketones (excluding diaryl/α,β-unsaturated/α-hetero) is 1. The predicted octanol–water partition coefficient (Wildman–Crippen LogP) is 7.73. The highest BCUT2D eigenvalue weighted by Crippen LogP contribution is 2.26. The van der Waals surface area contributed by atoms with Crippen molar-refractivity contribution in [2.24, 2.45) is 5.73 Å². The molecule has 208 valence electrons. The second-order valence-electron chi connectivity index (χ2n) is 9.54. The van der Waals surface area contributed by atoms with Gasteiger partial charge in [0.25, 0.3) is 0 Å². The molecule has 1 atom stereocenters. The third-order valence-corrected chi connectivity index (χ3v) is 6.30. The maximum Gasteiger partial charge on any atom is 0.243 e. The van der Waals surface area contributed by atoms with Crippen molar-refractivity contribution in [2.45, 2.75) is 92.2 Å². The lowest BCUT2D eigenvalue weighted by Gasteiger charge is -2.23. The van der Waals surface area contributed by atoms with Crippen molar-refractivity contribution in [3.8, 4) is 11.1 Å².